The minimum Gasteiger partial charge on any atom is -0.493 e. The van der Waals surface area contributed by atoms with Gasteiger partial charge in [0.05, 0.1) is 27.0 Å². The maximum absolute atomic E-state index is 11.7. The van der Waals surface area contributed by atoms with Gasteiger partial charge in [0.1, 0.15) is 5.82 Å². The monoisotopic (exact) mass is 443 g/mol. The number of methoxy groups -OCH3 is 3. The largest absolute Gasteiger partial charge is 0.493 e. The number of rotatable bonds is 8. The van der Waals surface area contributed by atoms with Crippen molar-refractivity contribution in [2.75, 3.05) is 43.8 Å². The van der Waals surface area contributed by atoms with E-state index in [0.29, 0.717) is 41.9 Å². The van der Waals surface area contributed by atoms with E-state index in [1.165, 1.54) is 13.8 Å². The molecule has 10 nitrogen and oxygen atoms in total. The summed E-state index contributed by atoms with van der Waals surface area (Å²) in [6.07, 6.45) is 2.32. The molecule has 1 aromatic heterocycles. The second kappa shape index (κ2) is 10.2. The minimum atomic E-state index is -0.262. The highest BCUT2D eigenvalue weighted by atomic mass is 16.5. The smallest absolute Gasteiger partial charge is 0.231 e. The van der Waals surface area contributed by atoms with Crippen LogP contribution in [0.1, 0.15) is 31.5 Å². The number of carbonyl (C=O) groups is 2. The van der Waals surface area contributed by atoms with Crippen LogP contribution in [0.25, 0.3) is 0 Å². The summed E-state index contributed by atoms with van der Waals surface area (Å²) >= 11 is 0. The maximum atomic E-state index is 11.7. The molecule has 1 aliphatic carbocycles. The number of fused-ring (bicyclic) bond motifs is 1. The Kier molecular flexibility index (Phi) is 7.34. The number of carbonyl (C=O) groups excluding carboxylic acids is 2. The third kappa shape index (κ3) is 5.37. The van der Waals surface area contributed by atoms with E-state index in [2.05, 4.69) is 25.9 Å². The maximum Gasteiger partial charge on any atom is 0.231 e. The number of hydrogen-bond acceptors (Lipinski definition) is 8. The second-order valence-corrected chi connectivity index (χ2v) is 7.59. The van der Waals surface area contributed by atoms with Crippen LogP contribution in [-0.2, 0) is 22.4 Å². The van der Waals surface area contributed by atoms with Gasteiger partial charge in [0.15, 0.2) is 11.5 Å². The van der Waals surface area contributed by atoms with Crippen LogP contribution in [0.5, 0.6) is 17.2 Å². The fourth-order valence-electron chi connectivity index (χ4n) is 3.79. The summed E-state index contributed by atoms with van der Waals surface area (Å²) in [6, 6.07) is 3.73. The first-order valence-electron chi connectivity index (χ1n) is 10.3. The van der Waals surface area contributed by atoms with E-state index in [9.17, 15) is 9.59 Å². The first-order valence-corrected chi connectivity index (χ1v) is 10.3. The number of aromatic nitrogens is 2. The molecule has 1 unspecified atom stereocenters. The molecule has 3 rings (SSSR count). The Hall–Kier alpha value is -3.56. The first-order chi connectivity index (χ1) is 15.3. The molecule has 0 saturated carbocycles. The van der Waals surface area contributed by atoms with Gasteiger partial charge in [-0.3, -0.25) is 14.9 Å². The van der Waals surface area contributed by atoms with Gasteiger partial charge >= 0.3 is 0 Å². The predicted molar refractivity (Wildman–Crippen MR) is 121 cm³/mol. The molecule has 0 bridgehead atoms. The molecule has 0 fully saturated rings. The summed E-state index contributed by atoms with van der Waals surface area (Å²) in [4.78, 5) is 31.9. The molecule has 10 heteroatoms. The van der Waals surface area contributed by atoms with Crippen molar-refractivity contribution in [2.45, 2.75) is 33.1 Å². The van der Waals surface area contributed by atoms with Crippen molar-refractivity contribution in [1.29, 1.82) is 0 Å². The number of hydrogen-bond donors (Lipinski definition) is 3. The molecular formula is C22H29N5O5. The average molecular weight is 444 g/mol. The van der Waals surface area contributed by atoms with Crippen molar-refractivity contribution < 1.29 is 23.8 Å². The van der Waals surface area contributed by atoms with Gasteiger partial charge in [0.25, 0.3) is 0 Å². The standard InChI is InChI=1S/C22H29N5O5/c1-12(28)24-21-16-8-14(6-7-17(16)26-22(27-21)25-13(2)29)11-23-15-9-18(30-3)20(32-5)19(10-15)31-4/h9-10,14,23H,6-8,11H2,1-5H3,(H2,24,25,26,27,28,29). The molecule has 32 heavy (non-hydrogen) atoms. The van der Waals surface area contributed by atoms with Crippen LogP contribution in [-0.4, -0.2) is 49.7 Å². The number of nitrogens with one attached hydrogen (secondary N) is 3. The lowest BCUT2D eigenvalue weighted by Gasteiger charge is -2.26. The van der Waals surface area contributed by atoms with Crippen LogP contribution >= 0.6 is 0 Å². The Bertz CT molecular complexity index is 985. The zero-order chi connectivity index (χ0) is 23.3. The topological polar surface area (TPSA) is 124 Å². The third-order valence-electron chi connectivity index (χ3n) is 5.22. The molecule has 3 N–H and O–H groups in total. The van der Waals surface area contributed by atoms with Crippen molar-refractivity contribution in [3.05, 3.63) is 23.4 Å². The lowest BCUT2D eigenvalue weighted by atomic mass is 9.86. The fraction of sp³-hybridized carbons (Fsp3) is 0.455. The molecule has 0 aliphatic heterocycles. The number of aryl methyl sites for hydroxylation is 1. The van der Waals surface area contributed by atoms with Gasteiger partial charge in [-0.05, 0) is 25.2 Å². The van der Waals surface area contributed by atoms with Crippen LogP contribution in [0, 0.1) is 5.92 Å². The number of nitrogens with zero attached hydrogens (tertiary/aromatic N) is 2. The van der Waals surface area contributed by atoms with E-state index in [1.54, 1.807) is 21.3 Å². The van der Waals surface area contributed by atoms with E-state index in [4.69, 9.17) is 14.2 Å². The molecule has 0 saturated heterocycles. The molecule has 2 amide bonds. The highest BCUT2D eigenvalue weighted by molar-refractivity contribution is 5.90. The van der Waals surface area contributed by atoms with Gasteiger partial charge in [0.2, 0.25) is 23.5 Å². The molecule has 0 radical (unpaired) electrons. The zero-order valence-corrected chi connectivity index (χ0v) is 19.0. The van der Waals surface area contributed by atoms with E-state index in [0.717, 1.165) is 29.8 Å². The minimum absolute atomic E-state index is 0.203. The third-order valence-corrected chi connectivity index (χ3v) is 5.22. The lowest BCUT2D eigenvalue weighted by molar-refractivity contribution is -0.115. The molecule has 172 valence electrons. The molecule has 1 heterocycles. The summed E-state index contributed by atoms with van der Waals surface area (Å²) < 4.78 is 16.2. The SMILES string of the molecule is COc1cc(NCC2CCc3nc(NC(C)=O)nc(NC(C)=O)c3C2)cc(OC)c1OC. The van der Waals surface area contributed by atoms with Gasteiger partial charge < -0.3 is 24.8 Å². The van der Waals surface area contributed by atoms with Crippen LogP contribution < -0.4 is 30.2 Å². The Labute approximate surface area is 187 Å². The average Bonchev–Trinajstić information content (AvgIpc) is 2.76. The number of anilines is 3. The lowest BCUT2D eigenvalue weighted by Crippen LogP contribution is -2.26. The van der Waals surface area contributed by atoms with E-state index >= 15 is 0 Å². The zero-order valence-electron chi connectivity index (χ0n) is 19.0. The first kappa shape index (κ1) is 23.1. The summed E-state index contributed by atoms with van der Waals surface area (Å²) in [5.41, 5.74) is 2.60. The number of benzene rings is 1. The molecule has 2 aromatic rings. The van der Waals surface area contributed by atoms with Crippen LogP contribution in [0.2, 0.25) is 0 Å². The fourth-order valence-corrected chi connectivity index (χ4v) is 3.79. The van der Waals surface area contributed by atoms with Crippen LogP contribution in [0.3, 0.4) is 0 Å². The molecule has 1 aliphatic rings. The Balaban J connectivity index is 1.78. The van der Waals surface area contributed by atoms with Crippen molar-refractivity contribution in [3.63, 3.8) is 0 Å². The summed E-state index contributed by atoms with van der Waals surface area (Å²) in [7, 11) is 4.73. The van der Waals surface area contributed by atoms with Gasteiger partial charge in [-0.1, -0.05) is 0 Å². The van der Waals surface area contributed by atoms with Gasteiger partial charge in [0, 0.05) is 43.8 Å². The van der Waals surface area contributed by atoms with Gasteiger partial charge in [-0.25, -0.2) is 4.98 Å². The van der Waals surface area contributed by atoms with Crippen molar-refractivity contribution >= 4 is 29.3 Å². The van der Waals surface area contributed by atoms with E-state index in [-0.39, 0.29) is 17.8 Å². The summed E-state index contributed by atoms with van der Waals surface area (Å²) in [5, 5.41) is 8.82. The highest BCUT2D eigenvalue weighted by Crippen LogP contribution is 2.40. The number of ether oxygens (including phenoxy) is 3. The Morgan fingerprint density at radius 1 is 1.00 bits per heavy atom. The predicted octanol–water partition coefficient (Wildman–Crippen LogP) is 2.64. The van der Waals surface area contributed by atoms with E-state index < -0.39 is 0 Å². The van der Waals surface area contributed by atoms with Crippen molar-refractivity contribution in [3.8, 4) is 17.2 Å². The number of amides is 2. The van der Waals surface area contributed by atoms with Crippen molar-refractivity contribution in [1.82, 2.24) is 9.97 Å². The molecule has 1 atom stereocenters. The molecule has 1 aromatic carbocycles. The highest BCUT2D eigenvalue weighted by Gasteiger charge is 2.25. The summed E-state index contributed by atoms with van der Waals surface area (Å²) in [6.45, 7) is 3.52. The van der Waals surface area contributed by atoms with Crippen molar-refractivity contribution in [2.24, 2.45) is 5.92 Å². The van der Waals surface area contributed by atoms with Gasteiger partial charge in [-0.2, -0.15) is 4.98 Å². The molecule has 0 spiro atoms. The van der Waals surface area contributed by atoms with Gasteiger partial charge in [-0.15, -0.1) is 0 Å². The van der Waals surface area contributed by atoms with Crippen LogP contribution in [0.4, 0.5) is 17.5 Å². The molecular weight excluding hydrogens is 414 g/mol. The Morgan fingerprint density at radius 3 is 2.22 bits per heavy atom. The van der Waals surface area contributed by atoms with E-state index in [1.807, 2.05) is 12.1 Å². The second-order valence-electron chi connectivity index (χ2n) is 7.59. The quantitative estimate of drug-likeness (QED) is 0.569. The van der Waals surface area contributed by atoms with Crippen LogP contribution in [0.15, 0.2) is 12.1 Å². The summed E-state index contributed by atoms with van der Waals surface area (Å²) in [5.74, 6) is 2.16. The Morgan fingerprint density at radius 2 is 1.66 bits per heavy atom. The normalized spacial score (nSPS) is 14.7.